The van der Waals surface area contributed by atoms with Crippen LogP contribution in [0.15, 0.2) is 0 Å². The Labute approximate surface area is 112 Å². The Morgan fingerprint density at radius 2 is 1.83 bits per heavy atom. The summed E-state index contributed by atoms with van der Waals surface area (Å²) in [6, 6.07) is 0.608. The molecule has 3 nitrogen and oxygen atoms in total. The maximum atomic E-state index is 10.4. The van der Waals surface area contributed by atoms with E-state index in [9.17, 15) is 5.11 Å². The van der Waals surface area contributed by atoms with E-state index < -0.39 is 0 Å². The van der Waals surface area contributed by atoms with Crippen molar-refractivity contribution in [2.75, 3.05) is 26.8 Å². The van der Waals surface area contributed by atoms with E-state index >= 15 is 0 Å². The van der Waals surface area contributed by atoms with Crippen molar-refractivity contribution in [2.45, 2.75) is 57.6 Å². The van der Waals surface area contributed by atoms with E-state index in [0.29, 0.717) is 12.0 Å². The number of methoxy groups -OCH3 is 1. The predicted octanol–water partition coefficient (Wildman–Crippen LogP) is 2.28. The van der Waals surface area contributed by atoms with Crippen molar-refractivity contribution >= 4 is 0 Å². The van der Waals surface area contributed by atoms with Gasteiger partial charge in [0.25, 0.3) is 0 Å². The number of hydrogen-bond donors (Lipinski definition) is 1. The van der Waals surface area contributed by atoms with E-state index in [0.717, 1.165) is 25.6 Å². The van der Waals surface area contributed by atoms with E-state index in [1.165, 1.54) is 38.5 Å². The first-order valence-corrected chi connectivity index (χ1v) is 7.63. The fourth-order valence-corrected chi connectivity index (χ4v) is 3.28. The standard InChI is InChI=1S/C15H29NO2/c1-12(13-7-8-13)16(9-10-18-2)11-15(17)14-5-3-4-6-14/h12-15,17H,3-11H2,1-2H3. The van der Waals surface area contributed by atoms with E-state index in [1.807, 2.05) is 0 Å². The van der Waals surface area contributed by atoms with Crippen LogP contribution in [0.2, 0.25) is 0 Å². The van der Waals surface area contributed by atoms with Gasteiger partial charge in [-0.3, -0.25) is 4.90 Å². The van der Waals surface area contributed by atoms with Gasteiger partial charge in [0.1, 0.15) is 0 Å². The highest BCUT2D eigenvalue weighted by Gasteiger charge is 2.34. The molecule has 0 radical (unpaired) electrons. The summed E-state index contributed by atoms with van der Waals surface area (Å²) in [5.74, 6) is 1.40. The summed E-state index contributed by atoms with van der Waals surface area (Å²) in [4.78, 5) is 2.45. The zero-order valence-electron chi connectivity index (χ0n) is 12.0. The molecule has 2 atom stereocenters. The molecule has 0 saturated heterocycles. The Hall–Kier alpha value is -0.120. The van der Waals surface area contributed by atoms with Crippen LogP contribution >= 0.6 is 0 Å². The smallest absolute Gasteiger partial charge is 0.0695 e. The van der Waals surface area contributed by atoms with Crippen LogP contribution in [0.25, 0.3) is 0 Å². The highest BCUT2D eigenvalue weighted by Crippen LogP contribution is 2.36. The zero-order valence-corrected chi connectivity index (χ0v) is 12.0. The lowest BCUT2D eigenvalue weighted by Gasteiger charge is -2.32. The maximum Gasteiger partial charge on any atom is 0.0695 e. The summed E-state index contributed by atoms with van der Waals surface area (Å²) in [7, 11) is 1.76. The number of aliphatic hydroxyl groups is 1. The van der Waals surface area contributed by atoms with Gasteiger partial charge in [-0.1, -0.05) is 12.8 Å². The molecule has 3 heteroatoms. The third-order valence-corrected chi connectivity index (χ3v) is 4.83. The summed E-state index contributed by atoms with van der Waals surface area (Å²) >= 11 is 0. The molecular weight excluding hydrogens is 226 g/mol. The lowest BCUT2D eigenvalue weighted by atomic mass is 9.99. The first-order valence-electron chi connectivity index (χ1n) is 7.63. The van der Waals surface area contributed by atoms with Crippen molar-refractivity contribution in [1.29, 1.82) is 0 Å². The van der Waals surface area contributed by atoms with Gasteiger partial charge in [-0.05, 0) is 44.4 Å². The molecule has 0 heterocycles. The van der Waals surface area contributed by atoms with E-state index in [2.05, 4.69) is 11.8 Å². The van der Waals surface area contributed by atoms with Crippen LogP contribution in [-0.4, -0.2) is 49.0 Å². The Bertz CT molecular complexity index is 237. The topological polar surface area (TPSA) is 32.7 Å². The molecule has 18 heavy (non-hydrogen) atoms. The molecule has 106 valence electrons. The van der Waals surface area contributed by atoms with Gasteiger partial charge in [-0.15, -0.1) is 0 Å². The fourth-order valence-electron chi connectivity index (χ4n) is 3.28. The summed E-state index contributed by atoms with van der Waals surface area (Å²) < 4.78 is 5.21. The molecule has 0 bridgehead atoms. The fraction of sp³-hybridized carbons (Fsp3) is 1.00. The number of nitrogens with zero attached hydrogens (tertiary/aromatic N) is 1. The minimum Gasteiger partial charge on any atom is -0.392 e. The minimum atomic E-state index is -0.134. The summed E-state index contributed by atoms with van der Waals surface area (Å²) in [5, 5.41) is 10.4. The zero-order chi connectivity index (χ0) is 13.0. The molecule has 2 unspecified atom stereocenters. The minimum absolute atomic E-state index is 0.134. The van der Waals surface area contributed by atoms with Gasteiger partial charge >= 0.3 is 0 Å². The monoisotopic (exact) mass is 255 g/mol. The first kappa shape index (κ1) is 14.3. The number of ether oxygens (including phenoxy) is 1. The SMILES string of the molecule is COCCN(CC(O)C1CCCC1)C(C)C1CC1. The molecule has 2 rings (SSSR count). The highest BCUT2D eigenvalue weighted by molar-refractivity contribution is 4.87. The number of hydrogen-bond acceptors (Lipinski definition) is 3. The lowest BCUT2D eigenvalue weighted by Crippen LogP contribution is -2.43. The lowest BCUT2D eigenvalue weighted by molar-refractivity contribution is 0.0342. The van der Waals surface area contributed by atoms with Gasteiger partial charge in [-0.2, -0.15) is 0 Å². The third kappa shape index (κ3) is 3.94. The first-order chi connectivity index (χ1) is 8.72. The van der Waals surface area contributed by atoms with Crippen LogP contribution in [-0.2, 0) is 4.74 Å². The van der Waals surface area contributed by atoms with Gasteiger partial charge in [0.15, 0.2) is 0 Å². The van der Waals surface area contributed by atoms with E-state index in [1.54, 1.807) is 7.11 Å². The van der Waals surface area contributed by atoms with Crippen molar-refractivity contribution in [3.63, 3.8) is 0 Å². The summed E-state index contributed by atoms with van der Waals surface area (Å²) in [5.41, 5.74) is 0. The highest BCUT2D eigenvalue weighted by atomic mass is 16.5. The quantitative estimate of drug-likeness (QED) is 0.722. The molecule has 2 aliphatic rings. The molecule has 2 saturated carbocycles. The second-order valence-electron chi connectivity index (χ2n) is 6.18. The van der Waals surface area contributed by atoms with Crippen LogP contribution in [0, 0.1) is 11.8 Å². The van der Waals surface area contributed by atoms with Crippen molar-refractivity contribution in [2.24, 2.45) is 11.8 Å². The molecule has 0 aromatic carbocycles. The molecule has 0 aromatic heterocycles. The third-order valence-electron chi connectivity index (χ3n) is 4.83. The van der Waals surface area contributed by atoms with Gasteiger partial charge in [0.2, 0.25) is 0 Å². The summed E-state index contributed by atoms with van der Waals surface area (Å²) in [6.45, 7) is 4.88. The van der Waals surface area contributed by atoms with E-state index in [4.69, 9.17) is 4.74 Å². The van der Waals surface area contributed by atoms with E-state index in [-0.39, 0.29) is 6.10 Å². The summed E-state index contributed by atoms with van der Waals surface area (Å²) in [6.07, 6.45) is 7.64. The van der Waals surface area contributed by atoms with Crippen molar-refractivity contribution in [1.82, 2.24) is 4.90 Å². The van der Waals surface area contributed by atoms with Crippen LogP contribution in [0.4, 0.5) is 0 Å². The van der Waals surface area contributed by atoms with Gasteiger partial charge < -0.3 is 9.84 Å². The average molecular weight is 255 g/mol. The largest absolute Gasteiger partial charge is 0.392 e. The van der Waals surface area contributed by atoms with Crippen LogP contribution in [0.3, 0.4) is 0 Å². The molecule has 0 aliphatic heterocycles. The van der Waals surface area contributed by atoms with Crippen molar-refractivity contribution in [3.8, 4) is 0 Å². The molecule has 1 N–H and O–H groups in total. The Morgan fingerprint density at radius 1 is 1.17 bits per heavy atom. The molecule has 2 fully saturated rings. The molecular formula is C15H29NO2. The Morgan fingerprint density at radius 3 is 2.39 bits per heavy atom. The molecule has 0 spiro atoms. The van der Waals surface area contributed by atoms with Gasteiger partial charge in [0, 0.05) is 26.2 Å². The van der Waals surface area contributed by atoms with Crippen molar-refractivity contribution < 1.29 is 9.84 Å². The molecule has 2 aliphatic carbocycles. The molecule has 0 aromatic rings. The van der Waals surface area contributed by atoms with Gasteiger partial charge in [0.05, 0.1) is 12.7 Å². The van der Waals surface area contributed by atoms with Crippen LogP contribution in [0.5, 0.6) is 0 Å². The Balaban J connectivity index is 1.82. The Kier molecular flexibility index (Phi) is 5.46. The normalized spacial score (nSPS) is 24.7. The average Bonchev–Trinajstić information content (AvgIpc) is 3.08. The second-order valence-corrected chi connectivity index (χ2v) is 6.18. The van der Waals surface area contributed by atoms with Crippen LogP contribution in [0.1, 0.15) is 45.4 Å². The van der Waals surface area contributed by atoms with Crippen molar-refractivity contribution in [3.05, 3.63) is 0 Å². The molecule has 0 amide bonds. The number of rotatable bonds is 8. The van der Waals surface area contributed by atoms with Gasteiger partial charge in [-0.25, -0.2) is 0 Å². The maximum absolute atomic E-state index is 10.4. The second kappa shape index (κ2) is 6.88. The van der Waals surface area contributed by atoms with Crippen LogP contribution < -0.4 is 0 Å². The predicted molar refractivity (Wildman–Crippen MR) is 73.6 cm³/mol. The number of aliphatic hydroxyl groups excluding tert-OH is 1.